The molecule has 0 aliphatic carbocycles. The van der Waals surface area contributed by atoms with Crippen LogP contribution in [0.3, 0.4) is 0 Å². The van der Waals surface area contributed by atoms with Gasteiger partial charge in [0.15, 0.2) is 0 Å². The third kappa shape index (κ3) is 6.43. The van der Waals surface area contributed by atoms with Gasteiger partial charge in [-0.3, -0.25) is 4.79 Å². The van der Waals surface area contributed by atoms with E-state index in [9.17, 15) is 4.79 Å². The van der Waals surface area contributed by atoms with Gasteiger partial charge in [-0.15, -0.1) is 12.4 Å². The molecule has 0 spiro atoms. The van der Waals surface area contributed by atoms with E-state index >= 15 is 0 Å². The number of hydrogen-bond acceptors (Lipinski definition) is 3. The molecular weight excluding hydrogens is 178 g/mol. The first kappa shape index (κ1) is 14.3. The van der Waals surface area contributed by atoms with Crippen molar-refractivity contribution in [2.24, 2.45) is 5.73 Å². The predicted octanol–water partition coefficient (Wildman–Crippen LogP) is 1.49. The number of hydrogen-bond donors (Lipinski definition) is 1. The molecular formula is C8H18ClNO2. The number of carbonyl (C=O) groups excluding carboxylic acids is 1. The van der Waals surface area contributed by atoms with Crippen LogP contribution in [0.15, 0.2) is 0 Å². The van der Waals surface area contributed by atoms with Gasteiger partial charge in [0.1, 0.15) is 6.04 Å². The standard InChI is InChI=1S/C8H17NO2.ClH/c1-3-5-6-11-8(10)7(9)4-2;/h7H,3-6,9H2,1-2H3;1H. The molecule has 0 aliphatic rings. The van der Waals surface area contributed by atoms with Crippen molar-refractivity contribution in [2.75, 3.05) is 6.61 Å². The Balaban J connectivity index is 0. The first-order valence-electron chi connectivity index (χ1n) is 4.14. The first-order valence-corrected chi connectivity index (χ1v) is 4.14. The lowest BCUT2D eigenvalue weighted by Crippen LogP contribution is -2.31. The summed E-state index contributed by atoms with van der Waals surface area (Å²) in [7, 11) is 0. The van der Waals surface area contributed by atoms with E-state index in [0.717, 1.165) is 12.8 Å². The van der Waals surface area contributed by atoms with Crippen LogP contribution in [-0.4, -0.2) is 18.6 Å². The molecule has 0 heterocycles. The zero-order valence-corrected chi connectivity index (χ0v) is 8.52. The van der Waals surface area contributed by atoms with E-state index in [4.69, 9.17) is 10.5 Å². The molecule has 0 fully saturated rings. The molecule has 74 valence electrons. The maximum atomic E-state index is 10.9. The van der Waals surface area contributed by atoms with Gasteiger partial charge in [0.05, 0.1) is 6.61 Å². The number of rotatable bonds is 5. The lowest BCUT2D eigenvalue weighted by atomic mass is 10.2. The molecule has 0 aromatic heterocycles. The van der Waals surface area contributed by atoms with E-state index in [-0.39, 0.29) is 18.4 Å². The number of nitrogens with two attached hydrogens (primary N) is 1. The summed E-state index contributed by atoms with van der Waals surface area (Å²) < 4.78 is 4.87. The Morgan fingerprint density at radius 1 is 1.50 bits per heavy atom. The lowest BCUT2D eigenvalue weighted by molar-refractivity contribution is -0.145. The highest BCUT2D eigenvalue weighted by molar-refractivity contribution is 5.85. The minimum atomic E-state index is -0.438. The molecule has 0 aromatic rings. The molecule has 12 heavy (non-hydrogen) atoms. The van der Waals surface area contributed by atoms with E-state index in [2.05, 4.69) is 0 Å². The Bertz CT molecular complexity index is 120. The number of ether oxygens (including phenoxy) is 1. The molecule has 1 unspecified atom stereocenters. The Hall–Kier alpha value is -0.280. The third-order valence-corrected chi connectivity index (χ3v) is 1.48. The van der Waals surface area contributed by atoms with E-state index in [1.54, 1.807) is 0 Å². The molecule has 3 nitrogen and oxygen atoms in total. The van der Waals surface area contributed by atoms with Gasteiger partial charge in [-0.05, 0) is 12.8 Å². The van der Waals surface area contributed by atoms with E-state index in [1.165, 1.54) is 0 Å². The van der Waals surface area contributed by atoms with Crippen molar-refractivity contribution in [3.63, 3.8) is 0 Å². The van der Waals surface area contributed by atoms with Crippen molar-refractivity contribution in [3.8, 4) is 0 Å². The van der Waals surface area contributed by atoms with Crippen molar-refractivity contribution in [1.82, 2.24) is 0 Å². The number of unbranched alkanes of at least 4 members (excludes halogenated alkanes) is 1. The zero-order chi connectivity index (χ0) is 8.69. The summed E-state index contributed by atoms with van der Waals surface area (Å²) >= 11 is 0. The van der Waals surface area contributed by atoms with Crippen molar-refractivity contribution < 1.29 is 9.53 Å². The van der Waals surface area contributed by atoms with Crippen LogP contribution in [0, 0.1) is 0 Å². The fourth-order valence-corrected chi connectivity index (χ4v) is 0.591. The molecule has 0 rings (SSSR count). The van der Waals surface area contributed by atoms with Gasteiger partial charge in [0.2, 0.25) is 0 Å². The van der Waals surface area contributed by atoms with Gasteiger partial charge in [0.25, 0.3) is 0 Å². The van der Waals surface area contributed by atoms with Crippen LogP contribution in [0.1, 0.15) is 33.1 Å². The minimum Gasteiger partial charge on any atom is -0.465 e. The van der Waals surface area contributed by atoms with Crippen LogP contribution < -0.4 is 5.73 Å². The Labute approximate surface area is 80.1 Å². The van der Waals surface area contributed by atoms with Gasteiger partial charge in [-0.2, -0.15) is 0 Å². The molecule has 0 radical (unpaired) electrons. The van der Waals surface area contributed by atoms with Crippen molar-refractivity contribution >= 4 is 18.4 Å². The molecule has 4 heteroatoms. The molecule has 0 amide bonds. The maximum absolute atomic E-state index is 10.9. The van der Waals surface area contributed by atoms with Gasteiger partial charge < -0.3 is 10.5 Å². The van der Waals surface area contributed by atoms with Crippen molar-refractivity contribution in [2.45, 2.75) is 39.2 Å². The summed E-state index contributed by atoms with van der Waals surface area (Å²) in [5, 5.41) is 0. The Morgan fingerprint density at radius 3 is 2.50 bits per heavy atom. The summed E-state index contributed by atoms with van der Waals surface area (Å²) in [6, 6.07) is -0.438. The second-order valence-electron chi connectivity index (χ2n) is 2.54. The van der Waals surface area contributed by atoms with Crippen LogP contribution in [0.2, 0.25) is 0 Å². The van der Waals surface area contributed by atoms with Gasteiger partial charge in [-0.25, -0.2) is 0 Å². The van der Waals surface area contributed by atoms with Crippen molar-refractivity contribution in [1.29, 1.82) is 0 Å². The Morgan fingerprint density at radius 2 is 2.08 bits per heavy atom. The average molecular weight is 196 g/mol. The minimum absolute atomic E-state index is 0. The molecule has 0 saturated carbocycles. The molecule has 1 atom stereocenters. The molecule has 2 N–H and O–H groups in total. The van der Waals surface area contributed by atoms with E-state index < -0.39 is 6.04 Å². The topological polar surface area (TPSA) is 52.3 Å². The summed E-state index contributed by atoms with van der Waals surface area (Å²) in [5.41, 5.74) is 5.42. The quantitative estimate of drug-likeness (QED) is 0.534. The lowest BCUT2D eigenvalue weighted by Gasteiger charge is -2.07. The summed E-state index contributed by atoms with van der Waals surface area (Å²) in [6.07, 6.45) is 2.60. The van der Waals surface area contributed by atoms with Gasteiger partial charge in [0, 0.05) is 0 Å². The monoisotopic (exact) mass is 195 g/mol. The highest BCUT2D eigenvalue weighted by Gasteiger charge is 2.10. The summed E-state index contributed by atoms with van der Waals surface area (Å²) in [5.74, 6) is -0.277. The van der Waals surface area contributed by atoms with Crippen molar-refractivity contribution in [3.05, 3.63) is 0 Å². The zero-order valence-electron chi connectivity index (χ0n) is 7.71. The van der Waals surface area contributed by atoms with Gasteiger partial charge in [-0.1, -0.05) is 20.3 Å². The normalized spacial score (nSPS) is 11.6. The molecule has 0 bridgehead atoms. The highest BCUT2D eigenvalue weighted by atomic mass is 35.5. The van der Waals surface area contributed by atoms with Crippen LogP contribution in [0.4, 0.5) is 0 Å². The van der Waals surface area contributed by atoms with Gasteiger partial charge >= 0.3 is 5.97 Å². The highest BCUT2D eigenvalue weighted by Crippen LogP contribution is 1.93. The number of esters is 1. The number of carbonyl (C=O) groups is 1. The first-order chi connectivity index (χ1) is 5.22. The largest absolute Gasteiger partial charge is 0.465 e. The Kier molecular flexibility index (Phi) is 10.5. The SMILES string of the molecule is CCCCOC(=O)C(N)CC.Cl. The summed E-state index contributed by atoms with van der Waals surface area (Å²) in [6.45, 7) is 4.42. The molecule has 0 aliphatic heterocycles. The fourth-order valence-electron chi connectivity index (χ4n) is 0.591. The van der Waals surface area contributed by atoms with E-state index in [0.29, 0.717) is 13.0 Å². The van der Waals surface area contributed by atoms with E-state index in [1.807, 2.05) is 13.8 Å². The maximum Gasteiger partial charge on any atom is 0.322 e. The smallest absolute Gasteiger partial charge is 0.322 e. The molecule has 0 saturated heterocycles. The van der Waals surface area contributed by atoms with Crippen LogP contribution >= 0.6 is 12.4 Å². The summed E-state index contributed by atoms with van der Waals surface area (Å²) in [4.78, 5) is 10.9. The third-order valence-electron chi connectivity index (χ3n) is 1.48. The van der Waals surface area contributed by atoms with Crippen LogP contribution in [0.5, 0.6) is 0 Å². The molecule has 0 aromatic carbocycles. The van der Waals surface area contributed by atoms with Crippen LogP contribution in [-0.2, 0) is 9.53 Å². The van der Waals surface area contributed by atoms with Crippen LogP contribution in [0.25, 0.3) is 0 Å². The average Bonchev–Trinajstić information content (AvgIpc) is 2.03. The predicted molar refractivity (Wildman–Crippen MR) is 51.4 cm³/mol. The second-order valence-corrected chi connectivity index (χ2v) is 2.54. The fraction of sp³-hybridized carbons (Fsp3) is 0.875. The second kappa shape index (κ2) is 8.81. The number of halogens is 1.